The highest BCUT2D eigenvalue weighted by atomic mass is 35.5. The Kier molecular flexibility index (Phi) is 5.53. The topological polar surface area (TPSA) is 71.6 Å². The molecule has 31 heavy (non-hydrogen) atoms. The molecule has 1 aromatic heterocycles. The summed E-state index contributed by atoms with van der Waals surface area (Å²) in [5.74, 6) is -1.09. The van der Waals surface area contributed by atoms with Gasteiger partial charge < -0.3 is 19.4 Å². The second-order valence-corrected chi connectivity index (χ2v) is 7.43. The number of halogens is 4. The summed E-state index contributed by atoms with van der Waals surface area (Å²) < 4.78 is 50.5. The monoisotopic (exact) mass is 452 g/mol. The van der Waals surface area contributed by atoms with Gasteiger partial charge in [-0.05, 0) is 29.8 Å². The van der Waals surface area contributed by atoms with Crippen molar-refractivity contribution in [2.75, 3.05) is 13.2 Å². The summed E-state index contributed by atoms with van der Waals surface area (Å²) in [4.78, 5) is 27.8. The number of aromatic nitrogens is 1. The largest absolute Gasteiger partial charge is 0.486 e. The number of ether oxygens (including phenoxy) is 2. The predicted octanol–water partition coefficient (Wildman–Crippen LogP) is 4.04. The molecular weight excluding hydrogens is 437 g/mol. The summed E-state index contributed by atoms with van der Waals surface area (Å²) in [5, 5.41) is 0.961. The first kappa shape index (κ1) is 21.0. The molecule has 4 rings (SSSR count). The minimum Gasteiger partial charge on any atom is -0.486 e. The van der Waals surface area contributed by atoms with Crippen LogP contribution in [-0.2, 0) is 17.9 Å². The Bertz CT molecular complexity index is 1190. The highest BCUT2D eigenvalue weighted by Crippen LogP contribution is 2.34. The van der Waals surface area contributed by atoms with Crippen molar-refractivity contribution in [2.45, 2.75) is 19.3 Å². The molecule has 2 aromatic carbocycles. The number of H-pyrrole nitrogens is 1. The van der Waals surface area contributed by atoms with E-state index in [1.807, 2.05) is 0 Å². The van der Waals surface area contributed by atoms with Crippen molar-refractivity contribution in [1.82, 2.24) is 9.88 Å². The molecule has 0 aliphatic carbocycles. The third kappa shape index (κ3) is 4.61. The number of amides is 1. The standard InChI is InChI=1S/C21H16ClF3N2O4/c22-15-3-1-12(2-4-15)10-27(20(29)21(23,24)25)11-14-7-13-8-17-18(31-6-5-30-17)9-16(13)26-19(14)28/h1-4,7-9H,5-6,10-11H2,(H,26,28). The van der Waals surface area contributed by atoms with E-state index in [-0.39, 0.29) is 12.1 Å². The lowest BCUT2D eigenvalue weighted by atomic mass is 10.1. The van der Waals surface area contributed by atoms with Crippen molar-refractivity contribution < 1.29 is 27.4 Å². The van der Waals surface area contributed by atoms with Gasteiger partial charge in [0.05, 0.1) is 12.1 Å². The molecule has 0 saturated heterocycles. The van der Waals surface area contributed by atoms with Crippen LogP contribution in [0, 0.1) is 0 Å². The van der Waals surface area contributed by atoms with Crippen LogP contribution in [0.2, 0.25) is 5.02 Å². The first-order valence-electron chi connectivity index (χ1n) is 9.27. The lowest BCUT2D eigenvalue weighted by Gasteiger charge is -2.24. The van der Waals surface area contributed by atoms with Gasteiger partial charge in [0, 0.05) is 28.6 Å². The van der Waals surface area contributed by atoms with Gasteiger partial charge in [0.1, 0.15) is 13.2 Å². The maximum Gasteiger partial charge on any atom is 0.471 e. The summed E-state index contributed by atoms with van der Waals surface area (Å²) in [5.41, 5.74) is 0.305. The van der Waals surface area contributed by atoms with E-state index in [0.717, 1.165) is 0 Å². The van der Waals surface area contributed by atoms with Crippen LogP contribution in [0.3, 0.4) is 0 Å². The van der Waals surface area contributed by atoms with Crippen LogP contribution in [-0.4, -0.2) is 35.2 Å². The maximum absolute atomic E-state index is 13.2. The summed E-state index contributed by atoms with van der Waals surface area (Å²) in [6.07, 6.45) is -5.08. The quantitative estimate of drug-likeness (QED) is 0.648. The van der Waals surface area contributed by atoms with E-state index < -0.39 is 24.2 Å². The lowest BCUT2D eigenvalue weighted by Crippen LogP contribution is -2.41. The highest BCUT2D eigenvalue weighted by Gasteiger charge is 2.42. The number of aromatic amines is 1. The summed E-state index contributed by atoms with van der Waals surface area (Å²) in [6.45, 7) is -0.126. The first-order valence-corrected chi connectivity index (χ1v) is 9.64. The molecule has 0 saturated carbocycles. The van der Waals surface area contributed by atoms with E-state index in [9.17, 15) is 22.8 Å². The average molecular weight is 453 g/mol. The number of nitrogens with one attached hydrogen (secondary N) is 1. The van der Waals surface area contributed by atoms with Crippen molar-refractivity contribution in [1.29, 1.82) is 0 Å². The molecule has 0 unspecified atom stereocenters. The Hall–Kier alpha value is -3.20. The molecule has 1 N–H and O–H groups in total. The van der Waals surface area contributed by atoms with Crippen LogP contribution in [0.1, 0.15) is 11.1 Å². The van der Waals surface area contributed by atoms with Gasteiger partial charge in [-0.1, -0.05) is 23.7 Å². The molecular formula is C21H16ClF3N2O4. The number of carbonyl (C=O) groups is 1. The summed E-state index contributed by atoms with van der Waals surface area (Å²) in [6, 6.07) is 10.8. The van der Waals surface area contributed by atoms with E-state index >= 15 is 0 Å². The van der Waals surface area contributed by atoms with Crippen LogP contribution in [0.15, 0.2) is 47.3 Å². The van der Waals surface area contributed by atoms with Crippen molar-refractivity contribution in [3.63, 3.8) is 0 Å². The van der Waals surface area contributed by atoms with E-state index in [1.54, 1.807) is 12.1 Å². The normalized spacial score (nSPS) is 13.3. The first-order chi connectivity index (χ1) is 14.7. The molecule has 6 nitrogen and oxygen atoms in total. The third-order valence-electron chi connectivity index (χ3n) is 4.76. The lowest BCUT2D eigenvalue weighted by molar-refractivity contribution is -0.186. The highest BCUT2D eigenvalue weighted by molar-refractivity contribution is 6.30. The zero-order valence-corrected chi connectivity index (χ0v) is 16.7. The molecule has 10 heteroatoms. The van der Waals surface area contributed by atoms with Crippen molar-refractivity contribution in [2.24, 2.45) is 0 Å². The maximum atomic E-state index is 13.2. The molecule has 1 aliphatic rings. The Labute approximate surface area is 179 Å². The van der Waals surface area contributed by atoms with Crippen LogP contribution in [0.5, 0.6) is 11.5 Å². The van der Waals surface area contributed by atoms with E-state index in [4.69, 9.17) is 21.1 Å². The van der Waals surface area contributed by atoms with Crippen LogP contribution >= 0.6 is 11.6 Å². The van der Waals surface area contributed by atoms with Crippen LogP contribution in [0.4, 0.5) is 13.2 Å². The Morgan fingerprint density at radius 1 is 1.03 bits per heavy atom. The van der Waals surface area contributed by atoms with Gasteiger partial charge in [-0.25, -0.2) is 0 Å². The fourth-order valence-electron chi connectivity index (χ4n) is 3.30. The molecule has 1 amide bonds. The molecule has 3 aromatic rings. The molecule has 1 aliphatic heterocycles. The average Bonchev–Trinajstić information content (AvgIpc) is 2.72. The van der Waals surface area contributed by atoms with Gasteiger partial charge in [0.15, 0.2) is 11.5 Å². The van der Waals surface area contributed by atoms with Crippen LogP contribution in [0.25, 0.3) is 10.9 Å². The zero-order valence-electron chi connectivity index (χ0n) is 16.0. The predicted molar refractivity (Wildman–Crippen MR) is 107 cm³/mol. The number of fused-ring (bicyclic) bond motifs is 2. The van der Waals surface area contributed by atoms with Crippen molar-refractivity contribution >= 4 is 28.4 Å². The molecule has 0 radical (unpaired) electrons. The number of carbonyl (C=O) groups excluding carboxylic acids is 1. The Balaban J connectivity index is 1.69. The van der Waals surface area contributed by atoms with Gasteiger partial charge >= 0.3 is 12.1 Å². The van der Waals surface area contributed by atoms with Gasteiger partial charge in [-0.2, -0.15) is 13.2 Å². The van der Waals surface area contributed by atoms with Crippen molar-refractivity contribution in [3.05, 3.63) is 69.0 Å². The molecule has 0 fully saturated rings. The van der Waals surface area contributed by atoms with Gasteiger partial charge in [-0.15, -0.1) is 0 Å². The molecule has 0 spiro atoms. The fraction of sp³-hybridized carbons (Fsp3) is 0.238. The van der Waals surface area contributed by atoms with Gasteiger partial charge in [0.25, 0.3) is 5.56 Å². The summed E-state index contributed by atoms with van der Waals surface area (Å²) >= 11 is 5.81. The fourth-order valence-corrected chi connectivity index (χ4v) is 3.43. The molecule has 162 valence electrons. The van der Waals surface area contributed by atoms with Crippen molar-refractivity contribution in [3.8, 4) is 11.5 Å². The Morgan fingerprint density at radius 2 is 1.68 bits per heavy atom. The number of benzene rings is 2. The smallest absolute Gasteiger partial charge is 0.471 e. The third-order valence-corrected chi connectivity index (χ3v) is 5.01. The van der Waals surface area contributed by atoms with E-state index in [0.29, 0.717) is 51.1 Å². The number of hydrogen-bond acceptors (Lipinski definition) is 4. The van der Waals surface area contributed by atoms with Gasteiger partial charge in [0.2, 0.25) is 0 Å². The summed E-state index contributed by atoms with van der Waals surface area (Å²) in [7, 11) is 0. The van der Waals surface area contributed by atoms with Gasteiger partial charge in [-0.3, -0.25) is 9.59 Å². The Morgan fingerprint density at radius 3 is 2.32 bits per heavy atom. The number of nitrogens with zero attached hydrogens (tertiary/aromatic N) is 1. The SMILES string of the molecule is O=C(N(Cc1ccc(Cl)cc1)Cc1cc2cc3c(cc2[nH]c1=O)OCCO3)C(F)(F)F. The number of rotatable bonds is 4. The second-order valence-electron chi connectivity index (χ2n) is 6.99. The zero-order chi connectivity index (χ0) is 22.2. The second kappa shape index (κ2) is 8.14. The van der Waals surface area contributed by atoms with E-state index in [1.165, 1.54) is 30.3 Å². The molecule has 0 atom stereocenters. The van der Waals surface area contributed by atoms with E-state index in [2.05, 4.69) is 4.98 Å². The number of alkyl halides is 3. The van der Waals surface area contributed by atoms with Crippen LogP contribution < -0.4 is 15.0 Å². The molecule has 2 heterocycles. The number of pyridine rings is 1. The molecule has 0 bridgehead atoms. The minimum atomic E-state index is -5.08. The minimum absolute atomic E-state index is 0.00995. The number of hydrogen-bond donors (Lipinski definition) is 1.